The number of rotatable bonds is 30. The van der Waals surface area contributed by atoms with Gasteiger partial charge in [0.1, 0.15) is 55.4 Å². The number of aliphatic hydroxyl groups is 7. The first kappa shape index (κ1) is 54.6. The lowest BCUT2D eigenvalue weighted by molar-refractivity contribution is -0.332. The molecule has 2 aliphatic rings. The van der Waals surface area contributed by atoms with Crippen molar-refractivity contribution in [3.05, 3.63) is 97.2 Å². The van der Waals surface area contributed by atoms with Crippen molar-refractivity contribution in [2.24, 2.45) is 0 Å². The quantitative estimate of drug-likeness (QED) is 0.0304. The average Bonchev–Trinajstić information content (AvgIpc) is 3.26. The lowest BCUT2D eigenvalue weighted by Crippen LogP contribution is -2.61. The van der Waals surface area contributed by atoms with Gasteiger partial charge in [0.15, 0.2) is 18.7 Å². The number of aliphatic hydroxyl groups excluding tert-OH is 7. The van der Waals surface area contributed by atoms with Crippen LogP contribution in [0.1, 0.15) is 90.9 Å². The first-order valence-electron chi connectivity index (χ1n) is 21.9. The van der Waals surface area contributed by atoms with Gasteiger partial charge in [-0.2, -0.15) is 0 Å². The summed E-state index contributed by atoms with van der Waals surface area (Å²) in [6.07, 6.45) is 23.3. The van der Waals surface area contributed by atoms with E-state index in [0.29, 0.717) is 19.3 Å². The minimum absolute atomic E-state index is 0.110. The molecule has 0 bridgehead atoms. The van der Waals surface area contributed by atoms with Crippen LogP contribution in [0.15, 0.2) is 97.2 Å². The zero-order valence-electron chi connectivity index (χ0n) is 36.3. The van der Waals surface area contributed by atoms with Gasteiger partial charge < -0.3 is 64.2 Å². The normalized spacial score (nSPS) is 28.0. The van der Waals surface area contributed by atoms with Crippen LogP contribution >= 0.6 is 0 Å². The molecule has 2 fully saturated rings. The minimum Gasteiger partial charge on any atom is -0.462 e. The molecule has 15 heteroatoms. The summed E-state index contributed by atoms with van der Waals surface area (Å²) in [7, 11) is 0. The van der Waals surface area contributed by atoms with Crippen LogP contribution in [0.4, 0.5) is 0 Å². The molecular formula is C47H72O15. The number of unbranched alkanes of at least 4 members (excludes halogenated alkanes) is 6. The van der Waals surface area contributed by atoms with Crippen LogP contribution in [0.2, 0.25) is 0 Å². The molecule has 0 aromatic heterocycles. The lowest BCUT2D eigenvalue weighted by Gasteiger charge is -2.42. The third kappa shape index (κ3) is 22.7. The monoisotopic (exact) mass is 876 g/mol. The number of carbonyl (C=O) groups excluding carboxylic acids is 2. The summed E-state index contributed by atoms with van der Waals surface area (Å²) in [6, 6.07) is 0. The van der Waals surface area contributed by atoms with Crippen molar-refractivity contribution >= 4 is 11.9 Å². The van der Waals surface area contributed by atoms with Crippen LogP contribution in [0, 0.1) is 0 Å². The van der Waals surface area contributed by atoms with Crippen LogP contribution in [0.5, 0.6) is 0 Å². The Kier molecular flexibility index (Phi) is 29.8. The molecule has 11 atom stereocenters. The predicted molar refractivity (Wildman–Crippen MR) is 233 cm³/mol. The van der Waals surface area contributed by atoms with E-state index in [2.05, 4.69) is 32.1 Å². The van der Waals surface area contributed by atoms with Crippen LogP contribution in [-0.2, 0) is 38.0 Å². The van der Waals surface area contributed by atoms with Gasteiger partial charge in [0.2, 0.25) is 0 Å². The van der Waals surface area contributed by atoms with Gasteiger partial charge >= 0.3 is 11.9 Å². The molecule has 2 heterocycles. The van der Waals surface area contributed by atoms with Gasteiger partial charge in [-0.1, -0.05) is 130 Å². The van der Waals surface area contributed by atoms with Crippen molar-refractivity contribution in [3.63, 3.8) is 0 Å². The molecule has 2 aliphatic heterocycles. The lowest BCUT2D eigenvalue weighted by atomic mass is 9.98. The van der Waals surface area contributed by atoms with E-state index in [4.69, 9.17) is 28.4 Å². The number of hydrogen-bond acceptors (Lipinski definition) is 15. The van der Waals surface area contributed by atoms with Gasteiger partial charge in [0.05, 0.1) is 19.8 Å². The molecule has 0 spiro atoms. The molecule has 2 saturated heterocycles. The molecule has 0 saturated carbocycles. The average molecular weight is 877 g/mol. The second kappa shape index (κ2) is 33.9. The number of allylic oxidation sites excluding steroid dienone is 16. The fraction of sp³-hybridized carbons (Fsp3) is 0.617. The minimum atomic E-state index is -1.78. The Labute approximate surface area is 367 Å². The van der Waals surface area contributed by atoms with E-state index in [1.165, 1.54) is 0 Å². The Bertz CT molecular complexity index is 1450. The number of carbonyl (C=O) groups is 2. The molecule has 5 unspecified atom stereocenters. The second-order valence-electron chi connectivity index (χ2n) is 14.9. The summed E-state index contributed by atoms with van der Waals surface area (Å²) in [6.45, 7) is 2.15. The molecule has 7 N–H and O–H groups in total. The molecule has 62 heavy (non-hydrogen) atoms. The van der Waals surface area contributed by atoms with Gasteiger partial charge in [-0.15, -0.1) is 0 Å². The molecule has 15 nitrogen and oxygen atoms in total. The molecule has 0 aromatic rings. The van der Waals surface area contributed by atoms with E-state index in [0.717, 1.165) is 44.9 Å². The highest BCUT2D eigenvalue weighted by atomic mass is 16.7. The van der Waals surface area contributed by atoms with E-state index in [9.17, 15) is 45.3 Å². The Hall–Kier alpha value is -3.58. The molecule has 2 rings (SSSR count). The number of ether oxygens (including phenoxy) is 6. The smallest absolute Gasteiger partial charge is 0.306 e. The van der Waals surface area contributed by atoms with E-state index in [-0.39, 0.29) is 19.4 Å². The maximum atomic E-state index is 12.9. The van der Waals surface area contributed by atoms with Gasteiger partial charge in [0, 0.05) is 12.8 Å². The molecule has 0 radical (unpaired) electrons. The third-order valence-electron chi connectivity index (χ3n) is 9.75. The largest absolute Gasteiger partial charge is 0.462 e. The summed E-state index contributed by atoms with van der Waals surface area (Å²) in [4.78, 5) is 25.6. The fourth-order valence-electron chi connectivity index (χ4n) is 6.13. The maximum absolute atomic E-state index is 12.9. The first-order chi connectivity index (χ1) is 30.0. The van der Waals surface area contributed by atoms with E-state index >= 15 is 0 Å². The highest BCUT2D eigenvalue weighted by molar-refractivity contribution is 5.70. The third-order valence-corrected chi connectivity index (χ3v) is 9.75. The Morgan fingerprint density at radius 2 is 0.984 bits per heavy atom. The summed E-state index contributed by atoms with van der Waals surface area (Å²) in [5, 5.41) is 71.8. The van der Waals surface area contributed by atoms with Crippen LogP contribution in [0.3, 0.4) is 0 Å². The first-order valence-corrected chi connectivity index (χ1v) is 21.9. The number of esters is 2. The molecular weight excluding hydrogens is 805 g/mol. The van der Waals surface area contributed by atoms with Crippen molar-refractivity contribution in [2.75, 3.05) is 26.4 Å². The Morgan fingerprint density at radius 3 is 1.56 bits per heavy atom. The zero-order chi connectivity index (χ0) is 45.4. The SMILES string of the molecule is CC/C=C/C=C/C=C/C=C/C=C/CCCC(=O)OCC(CO[C@@H]1O[C@H](CO[C@@H]2O[C@H](CO)[C@H](O)C(O)C2O)[C@H](O)C(O)C1O)OC(=O)CCCCCCC/C=C/C=C/C=C/CC. The van der Waals surface area contributed by atoms with Gasteiger partial charge in [-0.05, 0) is 44.9 Å². The highest BCUT2D eigenvalue weighted by Gasteiger charge is 2.47. The molecule has 350 valence electrons. The van der Waals surface area contributed by atoms with Crippen molar-refractivity contribution < 1.29 is 73.8 Å². The zero-order valence-corrected chi connectivity index (χ0v) is 36.3. The van der Waals surface area contributed by atoms with Crippen LogP contribution in [-0.4, -0.2) is 142 Å². The van der Waals surface area contributed by atoms with E-state index in [1.807, 2.05) is 79.0 Å². The Balaban J connectivity index is 1.92. The predicted octanol–water partition coefficient (Wildman–Crippen LogP) is 4.25. The molecule has 0 aromatic carbocycles. The summed E-state index contributed by atoms with van der Waals surface area (Å²) in [5.74, 6) is -1.05. The van der Waals surface area contributed by atoms with E-state index < -0.39 is 99.3 Å². The van der Waals surface area contributed by atoms with Crippen molar-refractivity contribution in [1.29, 1.82) is 0 Å². The molecule has 0 aliphatic carbocycles. The van der Waals surface area contributed by atoms with Gasteiger partial charge in [0.25, 0.3) is 0 Å². The van der Waals surface area contributed by atoms with Crippen molar-refractivity contribution in [2.45, 2.75) is 158 Å². The standard InChI is InChI=1S/C47H72O15/c1-3-5-7-9-11-13-15-17-19-21-23-25-27-29-38(49)57-32-35(60-39(50)30-28-26-24-22-20-18-16-14-12-10-8-6-4-2)33-58-46-45(56)43(54)41(52)37(62-46)34-59-47-44(55)42(53)40(51)36(31-48)61-47/h5-17,19,21,23,35-37,40-48,51-56H,3-4,18,20,22,24-34H2,1-2H3/b7-5+,8-6+,11-9+,12-10+,15-13+,16-14+,19-17+,23-21+/t35?,36-,37-,40+,41+,42?,43?,44?,45?,46-,47-/m1/s1. The highest BCUT2D eigenvalue weighted by Crippen LogP contribution is 2.26. The Morgan fingerprint density at radius 1 is 0.516 bits per heavy atom. The fourth-order valence-corrected chi connectivity index (χ4v) is 6.13. The van der Waals surface area contributed by atoms with Gasteiger partial charge in [-0.3, -0.25) is 9.59 Å². The van der Waals surface area contributed by atoms with Gasteiger partial charge in [-0.25, -0.2) is 0 Å². The van der Waals surface area contributed by atoms with E-state index in [1.54, 1.807) is 0 Å². The van der Waals surface area contributed by atoms with Crippen LogP contribution < -0.4 is 0 Å². The van der Waals surface area contributed by atoms with Crippen molar-refractivity contribution in [1.82, 2.24) is 0 Å². The maximum Gasteiger partial charge on any atom is 0.306 e. The second-order valence-corrected chi connectivity index (χ2v) is 14.9. The molecule has 0 amide bonds. The topological polar surface area (TPSA) is 231 Å². The summed E-state index contributed by atoms with van der Waals surface area (Å²) < 4.78 is 33.3. The summed E-state index contributed by atoms with van der Waals surface area (Å²) in [5.41, 5.74) is 0. The number of hydrogen-bond donors (Lipinski definition) is 7. The summed E-state index contributed by atoms with van der Waals surface area (Å²) >= 11 is 0. The van der Waals surface area contributed by atoms with Crippen molar-refractivity contribution in [3.8, 4) is 0 Å². The van der Waals surface area contributed by atoms with Crippen LogP contribution in [0.25, 0.3) is 0 Å².